The first kappa shape index (κ1) is 11.1. The number of hydrogen-bond acceptors (Lipinski definition) is 5. The van der Waals surface area contributed by atoms with Crippen molar-refractivity contribution in [1.29, 1.82) is 0 Å². The molecule has 2 heterocycles. The van der Waals surface area contributed by atoms with E-state index in [1.54, 1.807) is 31.3 Å². The molecule has 2 amide bonds. The van der Waals surface area contributed by atoms with Gasteiger partial charge < -0.3 is 9.84 Å². The fraction of sp³-hybridized carbons (Fsp3) is 0.200. The van der Waals surface area contributed by atoms with E-state index < -0.39 is 0 Å². The highest BCUT2D eigenvalue weighted by molar-refractivity contribution is 5.87. The summed E-state index contributed by atoms with van der Waals surface area (Å²) in [5.41, 5.74) is 1.38. The summed E-state index contributed by atoms with van der Waals surface area (Å²) in [7, 11) is 0. The van der Waals surface area contributed by atoms with Crippen molar-refractivity contribution in [2.24, 2.45) is 0 Å². The van der Waals surface area contributed by atoms with Crippen LogP contribution >= 0.6 is 0 Å². The molecule has 0 aliphatic rings. The van der Waals surface area contributed by atoms with Gasteiger partial charge in [0.05, 0.1) is 17.9 Å². The summed E-state index contributed by atoms with van der Waals surface area (Å²) in [5, 5.41) is 16.3. The number of urea groups is 1. The molecule has 88 valence electrons. The number of carbonyl (C=O) groups is 1. The average molecular weight is 233 g/mol. The quantitative estimate of drug-likeness (QED) is 0.827. The molecule has 2 aromatic heterocycles. The summed E-state index contributed by atoms with van der Waals surface area (Å²) in [6.07, 6.45) is 1.57. The minimum absolute atomic E-state index is 0.298. The van der Waals surface area contributed by atoms with E-state index >= 15 is 0 Å². The van der Waals surface area contributed by atoms with Gasteiger partial charge in [-0.2, -0.15) is 10.2 Å². The van der Waals surface area contributed by atoms with E-state index in [0.29, 0.717) is 23.8 Å². The summed E-state index contributed by atoms with van der Waals surface area (Å²) in [6.45, 7) is 2.07. The van der Waals surface area contributed by atoms with Crippen LogP contribution in [0.5, 0.6) is 0 Å². The molecule has 0 unspecified atom stereocenters. The highest BCUT2D eigenvalue weighted by atomic mass is 16.5. The molecule has 0 saturated heterocycles. The zero-order chi connectivity index (χ0) is 12.1. The zero-order valence-corrected chi connectivity index (χ0v) is 9.17. The van der Waals surface area contributed by atoms with E-state index in [2.05, 4.69) is 26.0 Å². The number of rotatable bonds is 3. The Balaban J connectivity index is 1.82. The van der Waals surface area contributed by atoms with Gasteiger partial charge in [0.25, 0.3) is 0 Å². The highest BCUT2D eigenvalue weighted by Crippen LogP contribution is 2.07. The molecular formula is C10H11N5O2. The maximum absolute atomic E-state index is 11.4. The Morgan fingerprint density at radius 3 is 3.06 bits per heavy atom. The number of carbonyl (C=O) groups excluding carboxylic acids is 1. The topological polar surface area (TPSA) is 92.9 Å². The Labute approximate surface area is 97.2 Å². The van der Waals surface area contributed by atoms with Crippen LogP contribution in [-0.2, 0) is 6.54 Å². The second-order valence-electron chi connectivity index (χ2n) is 3.36. The summed E-state index contributed by atoms with van der Waals surface area (Å²) in [4.78, 5) is 11.4. The van der Waals surface area contributed by atoms with E-state index in [1.807, 2.05) is 0 Å². The van der Waals surface area contributed by atoms with Gasteiger partial charge in [-0.1, -0.05) is 5.16 Å². The molecule has 0 aliphatic heterocycles. The summed E-state index contributed by atoms with van der Waals surface area (Å²) in [5.74, 6) is 0.305. The Morgan fingerprint density at radius 1 is 1.53 bits per heavy atom. The van der Waals surface area contributed by atoms with Crippen LogP contribution < -0.4 is 10.6 Å². The normalized spacial score (nSPS) is 9.94. The van der Waals surface area contributed by atoms with Crippen LogP contribution in [0.4, 0.5) is 10.7 Å². The van der Waals surface area contributed by atoms with Crippen molar-refractivity contribution < 1.29 is 9.32 Å². The van der Waals surface area contributed by atoms with E-state index in [9.17, 15) is 4.79 Å². The monoisotopic (exact) mass is 233 g/mol. The van der Waals surface area contributed by atoms with Gasteiger partial charge >= 0.3 is 6.03 Å². The Hall–Kier alpha value is -2.44. The first-order chi connectivity index (χ1) is 8.24. The molecule has 2 rings (SSSR count). The van der Waals surface area contributed by atoms with Crippen molar-refractivity contribution in [3.63, 3.8) is 0 Å². The lowest BCUT2D eigenvalue weighted by Gasteiger charge is -2.03. The van der Waals surface area contributed by atoms with E-state index in [0.717, 1.165) is 0 Å². The summed E-state index contributed by atoms with van der Waals surface area (Å²) < 4.78 is 4.84. The second kappa shape index (κ2) is 5.06. The van der Waals surface area contributed by atoms with E-state index in [1.165, 1.54) is 0 Å². The fourth-order valence-corrected chi connectivity index (χ4v) is 1.18. The van der Waals surface area contributed by atoms with Gasteiger partial charge in [0.15, 0.2) is 0 Å². The molecular weight excluding hydrogens is 222 g/mol. The number of hydrogen-bond donors (Lipinski definition) is 2. The highest BCUT2D eigenvalue weighted by Gasteiger charge is 2.05. The number of nitrogens with zero attached hydrogens (tertiary/aromatic N) is 3. The molecule has 0 bridgehead atoms. The second-order valence-corrected chi connectivity index (χ2v) is 3.36. The standard InChI is InChI=1S/C10H11N5O2/c1-7-5-9(17-15-7)13-10(16)11-6-8-3-2-4-12-14-8/h2-5H,6H2,1H3,(H2,11,13,16). The van der Waals surface area contributed by atoms with Gasteiger partial charge in [-0.25, -0.2) is 4.79 Å². The lowest BCUT2D eigenvalue weighted by atomic mass is 10.4. The maximum Gasteiger partial charge on any atom is 0.321 e. The predicted molar refractivity (Wildman–Crippen MR) is 59.1 cm³/mol. The molecule has 7 heteroatoms. The number of anilines is 1. The largest absolute Gasteiger partial charge is 0.338 e. The minimum atomic E-state index is -0.383. The van der Waals surface area contributed by atoms with Gasteiger partial charge in [0, 0.05) is 12.3 Å². The van der Waals surface area contributed by atoms with Gasteiger partial charge in [-0.15, -0.1) is 0 Å². The molecule has 0 radical (unpaired) electrons. The van der Waals surface area contributed by atoms with Crippen molar-refractivity contribution in [2.75, 3.05) is 5.32 Å². The maximum atomic E-state index is 11.4. The smallest absolute Gasteiger partial charge is 0.321 e. The first-order valence-electron chi connectivity index (χ1n) is 4.99. The zero-order valence-electron chi connectivity index (χ0n) is 9.17. The molecule has 0 saturated carbocycles. The van der Waals surface area contributed by atoms with Crippen LogP contribution in [0, 0.1) is 6.92 Å². The first-order valence-corrected chi connectivity index (χ1v) is 4.99. The lowest BCUT2D eigenvalue weighted by Crippen LogP contribution is -2.28. The molecule has 0 fully saturated rings. The van der Waals surface area contributed by atoms with Crippen LogP contribution in [0.2, 0.25) is 0 Å². The van der Waals surface area contributed by atoms with Crippen molar-refractivity contribution in [2.45, 2.75) is 13.5 Å². The lowest BCUT2D eigenvalue weighted by molar-refractivity contribution is 0.250. The molecule has 0 aromatic carbocycles. The molecule has 7 nitrogen and oxygen atoms in total. The van der Waals surface area contributed by atoms with Gasteiger partial charge in [0.2, 0.25) is 5.88 Å². The fourth-order valence-electron chi connectivity index (χ4n) is 1.18. The third-order valence-electron chi connectivity index (χ3n) is 1.92. The van der Waals surface area contributed by atoms with Gasteiger partial charge in [-0.05, 0) is 19.1 Å². The van der Waals surface area contributed by atoms with Crippen LogP contribution in [0.15, 0.2) is 28.9 Å². The number of nitrogens with one attached hydrogen (secondary N) is 2. The molecule has 2 aromatic rings. The Kier molecular flexibility index (Phi) is 3.29. The number of aryl methyl sites for hydroxylation is 1. The summed E-state index contributed by atoms with van der Waals surface area (Å²) in [6, 6.07) is 4.77. The molecule has 17 heavy (non-hydrogen) atoms. The Bertz CT molecular complexity index is 496. The van der Waals surface area contributed by atoms with Crippen LogP contribution in [0.3, 0.4) is 0 Å². The average Bonchev–Trinajstić information content (AvgIpc) is 2.73. The van der Waals surface area contributed by atoms with Gasteiger partial charge in [-0.3, -0.25) is 5.32 Å². The van der Waals surface area contributed by atoms with Crippen LogP contribution in [-0.4, -0.2) is 21.4 Å². The Morgan fingerprint density at radius 2 is 2.41 bits per heavy atom. The van der Waals surface area contributed by atoms with Crippen molar-refractivity contribution in [3.8, 4) is 0 Å². The van der Waals surface area contributed by atoms with Crippen molar-refractivity contribution in [3.05, 3.63) is 35.8 Å². The number of amides is 2. The number of aromatic nitrogens is 3. The third-order valence-corrected chi connectivity index (χ3v) is 1.92. The van der Waals surface area contributed by atoms with Crippen LogP contribution in [0.25, 0.3) is 0 Å². The van der Waals surface area contributed by atoms with Gasteiger partial charge in [0.1, 0.15) is 0 Å². The third kappa shape index (κ3) is 3.26. The van der Waals surface area contributed by atoms with E-state index in [4.69, 9.17) is 4.52 Å². The summed E-state index contributed by atoms with van der Waals surface area (Å²) >= 11 is 0. The molecule has 0 spiro atoms. The van der Waals surface area contributed by atoms with Crippen molar-refractivity contribution >= 4 is 11.9 Å². The van der Waals surface area contributed by atoms with E-state index in [-0.39, 0.29) is 6.03 Å². The van der Waals surface area contributed by atoms with Crippen molar-refractivity contribution in [1.82, 2.24) is 20.7 Å². The molecule has 2 N–H and O–H groups in total. The molecule has 0 aliphatic carbocycles. The predicted octanol–water partition coefficient (Wildman–Crippen LogP) is 1.09. The minimum Gasteiger partial charge on any atom is -0.338 e. The molecule has 0 atom stereocenters. The van der Waals surface area contributed by atoms with Crippen LogP contribution in [0.1, 0.15) is 11.4 Å². The SMILES string of the molecule is Cc1cc(NC(=O)NCc2cccnn2)on1.